The maximum absolute atomic E-state index is 11.8. The van der Waals surface area contributed by atoms with Crippen LogP contribution in [0.15, 0.2) is 30.3 Å². The van der Waals surface area contributed by atoms with Crippen LogP contribution in [0.5, 0.6) is 0 Å². The van der Waals surface area contributed by atoms with Gasteiger partial charge >= 0.3 is 0 Å². The van der Waals surface area contributed by atoms with Crippen molar-refractivity contribution in [3.05, 3.63) is 35.9 Å². The quantitative estimate of drug-likeness (QED) is 0.783. The Kier molecular flexibility index (Phi) is 7.16. The molecule has 0 fully saturated rings. The fourth-order valence-electron chi connectivity index (χ4n) is 1.68. The molecular weight excluding hydrogens is 312 g/mol. The molecule has 1 rings (SSSR count). The average Bonchev–Trinajstić information content (AvgIpc) is 2.45. The maximum Gasteiger partial charge on any atom is 0.244 e. The SMILES string of the molecule is CC(=O)Nc1ccc(/C=C\C(=O)NCC[S@@](=O)C(C)(C)C)cc1. The number of nitrogens with one attached hydrogen (secondary N) is 2. The maximum atomic E-state index is 11.8. The first-order valence-corrected chi connectivity index (χ1v) is 8.72. The lowest BCUT2D eigenvalue weighted by molar-refractivity contribution is -0.116. The van der Waals surface area contributed by atoms with E-state index < -0.39 is 10.8 Å². The minimum atomic E-state index is -0.975. The summed E-state index contributed by atoms with van der Waals surface area (Å²) >= 11 is 0. The highest BCUT2D eigenvalue weighted by Crippen LogP contribution is 2.11. The fraction of sp³-hybridized carbons (Fsp3) is 0.412. The summed E-state index contributed by atoms with van der Waals surface area (Å²) in [4.78, 5) is 22.6. The second kappa shape index (κ2) is 8.62. The Morgan fingerprint density at radius 2 is 1.78 bits per heavy atom. The Morgan fingerprint density at radius 3 is 2.30 bits per heavy atom. The monoisotopic (exact) mass is 336 g/mol. The molecular formula is C17H24N2O3S. The Hall–Kier alpha value is -1.95. The van der Waals surface area contributed by atoms with Crippen LogP contribution >= 0.6 is 0 Å². The molecule has 0 aliphatic heterocycles. The number of amides is 2. The van der Waals surface area contributed by atoms with Crippen molar-refractivity contribution in [2.24, 2.45) is 0 Å². The van der Waals surface area contributed by atoms with E-state index in [0.29, 0.717) is 18.0 Å². The molecule has 0 unspecified atom stereocenters. The Labute approximate surface area is 140 Å². The number of carbonyl (C=O) groups excluding carboxylic acids is 2. The van der Waals surface area contributed by atoms with Crippen LogP contribution in [-0.4, -0.2) is 33.1 Å². The van der Waals surface area contributed by atoms with Gasteiger partial charge in [-0.2, -0.15) is 0 Å². The van der Waals surface area contributed by atoms with Crippen LogP contribution in [-0.2, 0) is 20.4 Å². The first kappa shape index (κ1) is 19.1. The minimum absolute atomic E-state index is 0.125. The number of hydrogen-bond acceptors (Lipinski definition) is 3. The average molecular weight is 336 g/mol. The zero-order chi connectivity index (χ0) is 17.5. The molecule has 0 aliphatic carbocycles. The van der Waals surface area contributed by atoms with Gasteiger partial charge < -0.3 is 10.6 Å². The molecule has 23 heavy (non-hydrogen) atoms. The van der Waals surface area contributed by atoms with E-state index >= 15 is 0 Å². The molecule has 1 aromatic rings. The summed E-state index contributed by atoms with van der Waals surface area (Å²) in [6.07, 6.45) is 3.13. The summed E-state index contributed by atoms with van der Waals surface area (Å²) < 4.78 is 11.6. The molecule has 6 heteroatoms. The first-order chi connectivity index (χ1) is 10.7. The van der Waals surface area contributed by atoms with Gasteiger partial charge in [-0.05, 0) is 44.5 Å². The van der Waals surface area contributed by atoms with Gasteiger partial charge in [0.1, 0.15) is 0 Å². The number of anilines is 1. The number of benzene rings is 1. The van der Waals surface area contributed by atoms with Crippen molar-refractivity contribution in [2.45, 2.75) is 32.4 Å². The van der Waals surface area contributed by atoms with Crippen LogP contribution in [0.3, 0.4) is 0 Å². The largest absolute Gasteiger partial charge is 0.352 e. The molecule has 2 amide bonds. The van der Waals surface area contributed by atoms with Gasteiger partial charge in [-0.1, -0.05) is 12.1 Å². The standard InChI is InChI=1S/C17H24N2O3S/c1-13(20)19-15-8-5-14(6-9-15)7-10-16(21)18-11-12-23(22)17(2,3)4/h5-10H,11-12H2,1-4H3,(H,18,21)(H,19,20)/b10-7-/t23-/m1/s1. The van der Waals surface area contributed by atoms with Gasteiger partial charge in [0.15, 0.2) is 0 Å². The predicted octanol–water partition coefficient (Wildman–Crippen LogP) is 2.32. The third kappa shape index (κ3) is 7.74. The van der Waals surface area contributed by atoms with Crippen LogP contribution in [0, 0.1) is 0 Å². The summed E-state index contributed by atoms with van der Waals surface area (Å²) in [5.74, 6) is 0.0938. The lowest BCUT2D eigenvalue weighted by atomic mass is 10.2. The summed E-state index contributed by atoms with van der Waals surface area (Å²) in [5.41, 5.74) is 1.57. The van der Waals surface area contributed by atoms with E-state index in [4.69, 9.17) is 0 Å². The van der Waals surface area contributed by atoms with Crippen molar-refractivity contribution in [2.75, 3.05) is 17.6 Å². The number of rotatable bonds is 6. The Balaban J connectivity index is 2.43. The number of carbonyl (C=O) groups is 2. The van der Waals surface area contributed by atoms with E-state index in [9.17, 15) is 13.8 Å². The molecule has 0 saturated heterocycles. The third-order valence-electron chi connectivity index (χ3n) is 2.93. The van der Waals surface area contributed by atoms with Crippen molar-refractivity contribution in [3.63, 3.8) is 0 Å². The van der Waals surface area contributed by atoms with Gasteiger partial charge in [0.25, 0.3) is 0 Å². The van der Waals surface area contributed by atoms with E-state index in [-0.39, 0.29) is 16.6 Å². The van der Waals surface area contributed by atoms with E-state index in [1.807, 2.05) is 32.9 Å². The Bertz CT molecular complexity index is 601. The van der Waals surface area contributed by atoms with E-state index in [1.165, 1.54) is 13.0 Å². The molecule has 2 N–H and O–H groups in total. The molecule has 0 saturated carbocycles. The fourth-order valence-corrected chi connectivity index (χ4v) is 2.58. The summed E-state index contributed by atoms with van der Waals surface area (Å²) in [6.45, 7) is 7.57. The van der Waals surface area contributed by atoms with Crippen LogP contribution in [0.1, 0.15) is 33.3 Å². The van der Waals surface area contributed by atoms with Gasteiger partial charge in [-0.3, -0.25) is 13.8 Å². The lowest BCUT2D eigenvalue weighted by Crippen LogP contribution is -2.31. The second-order valence-electron chi connectivity index (χ2n) is 6.09. The highest BCUT2D eigenvalue weighted by atomic mass is 32.2. The molecule has 1 aromatic carbocycles. The topological polar surface area (TPSA) is 75.3 Å². The van der Waals surface area contributed by atoms with Crippen molar-refractivity contribution >= 4 is 34.4 Å². The van der Waals surface area contributed by atoms with Crippen molar-refractivity contribution < 1.29 is 13.8 Å². The second-order valence-corrected chi connectivity index (χ2v) is 8.41. The molecule has 126 valence electrons. The van der Waals surface area contributed by atoms with Gasteiger partial charge in [-0.25, -0.2) is 0 Å². The molecule has 0 spiro atoms. The summed E-state index contributed by atoms with van der Waals surface area (Å²) in [7, 11) is -0.975. The molecule has 0 bridgehead atoms. The number of hydrogen-bond donors (Lipinski definition) is 2. The zero-order valence-corrected chi connectivity index (χ0v) is 14.8. The predicted molar refractivity (Wildman–Crippen MR) is 95.6 cm³/mol. The molecule has 0 aromatic heterocycles. The van der Waals surface area contributed by atoms with Gasteiger partial charge in [0, 0.05) is 46.5 Å². The smallest absolute Gasteiger partial charge is 0.244 e. The zero-order valence-electron chi connectivity index (χ0n) is 14.0. The van der Waals surface area contributed by atoms with Gasteiger partial charge in [-0.15, -0.1) is 0 Å². The van der Waals surface area contributed by atoms with E-state index in [0.717, 1.165) is 5.56 Å². The van der Waals surface area contributed by atoms with Crippen molar-refractivity contribution in [3.8, 4) is 0 Å². The Morgan fingerprint density at radius 1 is 1.17 bits per heavy atom. The lowest BCUT2D eigenvalue weighted by Gasteiger charge is -2.17. The normalized spacial score (nSPS) is 12.9. The molecule has 1 atom stereocenters. The first-order valence-electron chi connectivity index (χ1n) is 7.40. The molecule has 0 radical (unpaired) electrons. The molecule has 5 nitrogen and oxygen atoms in total. The van der Waals surface area contributed by atoms with E-state index in [1.54, 1.807) is 18.2 Å². The molecule has 0 heterocycles. The van der Waals surface area contributed by atoms with Crippen LogP contribution in [0.4, 0.5) is 5.69 Å². The molecule has 0 aliphatic rings. The van der Waals surface area contributed by atoms with Crippen LogP contribution in [0.2, 0.25) is 0 Å². The van der Waals surface area contributed by atoms with Crippen molar-refractivity contribution in [1.82, 2.24) is 5.32 Å². The van der Waals surface area contributed by atoms with Gasteiger partial charge in [0.05, 0.1) is 0 Å². The summed E-state index contributed by atoms with van der Waals surface area (Å²) in [6, 6.07) is 7.16. The van der Waals surface area contributed by atoms with Gasteiger partial charge in [0.2, 0.25) is 11.8 Å². The summed E-state index contributed by atoms with van der Waals surface area (Å²) in [5, 5.41) is 5.39. The van der Waals surface area contributed by atoms with Crippen molar-refractivity contribution in [1.29, 1.82) is 0 Å². The minimum Gasteiger partial charge on any atom is -0.352 e. The third-order valence-corrected chi connectivity index (χ3v) is 4.87. The highest BCUT2D eigenvalue weighted by Gasteiger charge is 2.18. The highest BCUT2D eigenvalue weighted by molar-refractivity contribution is 7.86. The van der Waals surface area contributed by atoms with E-state index in [2.05, 4.69) is 10.6 Å². The van der Waals surface area contributed by atoms with Crippen LogP contribution < -0.4 is 10.6 Å². The van der Waals surface area contributed by atoms with Crippen LogP contribution in [0.25, 0.3) is 6.08 Å².